The predicted molar refractivity (Wildman–Crippen MR) is 261 cm³/mol. The molecule has 0 bridgehead atoms. The fourth-order valence-corrected chi connectivity index (χ4v) is 7.45. The van der Waals surface area contributed by atoms with E-state index in [1.807, 2.05) is 0 Å². The number of hydrogen-bond donors (Lipinski definition) is 0. The minimum absolute atomic E-state index is 0.0773. The van der Waals surface area contributed by atoms with E-state index in [1.165, 1.54) is 141 Å². The van der Waals surface area contributed by atoms with Gasteiger partial charge >= 0.3 is 17.9 Å². The van der Waals surface area contributed by atoms with E-state index in [9.17, 15) is 14.4 Å². The molecule has 0 saturated carbocycles. The van der Waals surface area contributed by atoms with Crippen LogP contribution in [0.25, 0.3) is 0 Å². The zero-order valence-corrected chi connectivity index (χ0v) is 40.4. The molecule has 354 valence electrons. The van der Waals surface area contributed by atoms with E-state index in [0.717, 1.165) is 83.5 Å². The Kier molecular flexibility index (Phi) is 47.9. The average molecular weight is 855 g/mol. The maximum Gasteiger partial charge on any atom is 0.306 e. The molecule has 0 aromatic carbocycles. The van der Waals surface area contributed by atoms with Gasteiger partial charge in [0.2, 0.25) is 0 Å². The summed E-state index contributed by atoms with van der Waals surface area (Å²) >= 11 is 0. The molecule has 61 heavy (non-hydrogen) atoms. The van der Waals surface area contributed by atoms with Gasteiger partial charge in [-0.3, -0.25) is 14.4 Å². The highest BCUT2D eigenvalue weighted by atomic mass is 16.6. The van der Waals surface area contributed by atoms with Crippen LogP contribution >= 0.6 is 0 Å². The zero-order chi connectivity index (χ0) is 44.4. The van der Waals surface area contributed by atoms with Crippen molar-refractivity contribution in [3.8, 4) is 0 Å². The van der Waals surface area contributed by atoms with Crippen molar-refractivity contribution in [2.75, 3.05) is 13.2 Å². The van der Waals surface area contributed by atoms with Crippen molar-refractivity contribution in [3.63, 3.8) is 0 Å². The molecule has 0 aromatic rings. The zero-order valence-electron chi connectivity index (χ0n) is 40.4. The highest BCUT2D eigenvalue weighted by molar-refractivity contribution is 5.71. The van der Waals surface area contributed by atoms with Gasteiger partial charge in [0.25, 0.3) is 0 Å². The summed E-state index contributed by atoms with van der Waals surface area (Å²) in [5.74, 6) is -0.892. The van der Waals surface area contributed by atoms with Gasteiger partial charge in [0.15, 0.2) is 6.10 Å². The van der Waals surface area contributed by atoms with Crippen molar-refractivity contribution in [2.24, 2.45) is 0 Å². The second-order valence-corrected chi connectivity index (χ2v) is 17.5. The van der Waals surface area contributed by atoms with Crippen LogP contribution in [0.15, 0.2) is 48.6 Å². The number of hydrogen-bond acceptors (Lipinski definition) is 6. The fraction of sp³-hybridized carbons (Fsp3) is 0.800. The van der Waals surface area contributed by atoms with Crippen LogP contribution < -0.4 is 0 Å². The molecule has 0 amide bonds. The summed E-state index contributed by atoms with van der Waals surface area (Å²) in [5.41, 5.74) is 0. The fourth-order valence-electron chi connectivity index (χ4n) is 7.45. The molecule has 0 radical (unpaired) electrons. The number of esters is 3. The van der Waals surface area contributed by atoms with Gasteiger partial charge in [-0.15, -0.1) is 0 Å². The van der Waals surface area contributed by atoms with Crippen LogP contribution in [0.5, 0.6) is 0 Å². The first-order valence-corrected chi connectivity index (χ1v) is 26.2. The summed E-state index contributed by atoms with van der Waals surface area (Å²) in [6.07, 6.45) is 59.4. The molecule has 6 nitrogen and oxygen atoms in total. The number of carbonyl (C=O) groups is 3. The number of ether oxygens (including phenoxy) is 3. The molecule has 0 heterocycles. The van der Waals surface area contributed by atoms with Crippen molar-refractivity contribution in [2.45, 2.75) is 271 Å². The molecule has 0 saturated heterocycles. The highest BCUT2D eigenvalue weighted by Crippen LogP contribution is 2.16. The third-order valence-electron chi connectivity index (χ3n) is 11.4. The maximum absolute atomic E-state index is 12.8. The van der Waals surface area contributed by atoms with Crippen LogP contribution in [0.1, 0.15) is 265 Å². The molecule has 0 aliphatic carbocycles. The van der Waals surface area contributed by atoms with Gasteiger partial charge in [-0.2, -0.15) is 0 Å². The Hall–Kier alpha value is -2.63. The minimum Gasteiger partial charge on any atom is -0.462 e. The van der Waals surface area contributed by atoms with Crippen molar-refractivity contribution in [3.05, 3.63) is 48.6 Å². The lowest BCUT2D eigenvalue weighted by Crippen LogP contribution is -2.30. The summed E-state index contributed by atoms with van der Waals surface area (Å²) < 4.78 is 16.8. The number of carbonyl (C=O) groups excluding carboxylic acids is 3. The maximum atomic E-state index is 12.8. The van der Waals surface area contributed by atoms with E-state index in [4.69, 9.17) is 14.2 Å². The quantitative estimate of drug-likeness (QED) is 0.0263. The third kappa shape index (κ3) is 48.3. The lowest BCUT2D eigenvalue weighted by molar-refractivity contribution is -0.167. The summed E-state index contributed by atoms with van der Waals surface area (Å²) in [4.78, 5) is 37.9. The molecule has 0 N–H and O–H groups in total. The van der Waals surface area contributed by atoms with Crippen molar-refractivity contribution in [1.82, 2.24) is 0 Å². The van der Waals surface area contributed by atoms with Crippen LogP contribution in [-0.4, -0.2) is 37.2 Å². The van der Waals surface area contributed by atoms with Crippen LogP contribution in [0.3, 0.4) is 0 Å². The second-order valence-electron chi connectivity index (χ2n) is 17.5. The topological polar surface area (TPSA) is 78.9 Å². The molecule has 6 heteroatoms. The second kappa shape index (κ2) is 50.0. The highest BCUT2D eigenvalue weighted by Gasteiger charge is 2.19. The van der Waals surface area contributed by atoms with E-state index in [0.29, 0.717) is 19.3 Å². The summed E-state index contributed by atoms with van der Waals surface area (Å²) in [6, 6.07) is 0. The van der Waals surface area contributed by atoms with Crippen LogP contribution in [0, 0.1) is 0 Å². The predicted octanol–water partition coefficient (Wildman–Crippen LogP) is 17.1. The molecular formula is C55H98O6. The molecule has 0 aromatic heterocycles. The summed E-state index contributed by atoms with van der Waals surface area (Å²) in [5, 5.41) is 0. The van der Waals surface area contributed by atoms with Crippen LogP contribution in [-0.2, 0) is 28.6 Å². The smallest absolute Gasteiger partial charge is 0.306 e. The molecular weight excluding hydrogens is 757 g/mol. The van der Waals surface area contributed by atoms with E-state index in [-0.39, 0.29) is 31.1 Å². The molecule has 0 fully saturated rings. The third-order valence-corrected chi connectivity index (χ3v) is 11.4. The molecule has 0 spiro atoms. The van der Waals surface area contributed by atoms with Gasteiger partial charge in [0, 0.05) is 19.3 Å². The van der Waals surface area contributed by atoms with E-state index in [1.54, 1.807) is 0 Å². The average Bonchev–Trinajstić information content (AvgIpc) is 3.26. The van der Waals surface area contributed by atoms with E-state index >= 15 is 0 Å². The first kappa shape index (κ1) is 58.4. The first-order valence-electron chi connectivity index (χ1n) is 26.2. The Bertz CT molecular complexity index is 1070. The van der Waals surface area contributed by atoms with Gasteiger partial charge < -0.3 is 14.2 Å². The number of unbranched alkanes of at least 4 members (excludes halogenated alkanes) is 31. The SMILES string of the molecule is CCCCC\C=C/C=C\C=C/C=C\CCCCCCCC(=O)OCC(COC(=O)CCCCCCCCCCCCC)OC(=O)CCCCCCCCCCCCCCCC. The number of rotatable bonds is 47. The van der Waals surface area contributed by atoms with Crippen molar-refractivity contribution in [1.29, 1.82) is 0 Å². The van der Waals surface area contributed by atoms with Gasteiger partial charge in [-0.05, 0) is 44.9 Å². The van der Waals surface area contributed by atoms with Gasteiger partial charge in [0.1, 0.15) is 13.2 Å². The Morgan fingerprint density at radius 3 is 0.951 bits per heavy atom. The van der Waals surface area contributed by atoms with Gasteiger partial charge in [-0.1, -0.05) is 249 Å². The van der Waals surface area contributed by atoms with Crippen molar-refractivity contribution < 1.29 is 28.6 Å². The standard InChI is InChI=1S/C55H98O6/c1-4-7-10-13-16-19-22-24-26-27-28-29-31-33-36-39-42-45-48-54(57)60-51-52(50-59-53(56)47-44-41-38-35-32-21-18-15-12-9-6-3)61-55(58)49-46-43-40-37-34-30-25-23-20-17-14-11-8-5-2/h16,19,22,24,26-29,52H,4-15,17-18,20-21,23,25,30-51H2,1-3H3/b19-16-,24-22-,27-26-,29-28-. The van der Waals surface area contributed by atoms with Crippen LogP contribution in [0.4, 0.5) is 0 Å². The first-order chi connectivity index (χ1) is 30.0. The van der Waals surface area contributed by atoms with Gasteiger partial charge in [-0.25, -0.2) is 0 Å². The summed E-state index contributed by atoms with van der Waals surface area (Å²) in [7, 11) is 0. The molecule has 0 aliphatic rings. The Morgan fingerprint density at radius 1 is 0.328 bits per heavy atom. The van der Waals surface area contributed by atoms with Crippen molar-refractivity contribution >= 4 is 17.9 Å². The van der Waals surface area contributed by atoms with E-state index in [2.05, 4.69) is 69.4 Å². The molecule has 0 aliphatic heterocycles. The Morgan fingerprint density at radius 2 is 0.590 bits per heavy atom. The monoisotopic (exact) mass is 855 g/mol. The largest absolute Gasteiger partial charge is 0.462 e. The normalized spacial score (nSPS) is 12.4. The molecule has 1 unspecified atom stereocenters. The minimum atomic E-state index is -0.777. The lowest BCUT2D eigenvalue weighted by Gasteiger charge is -2.18. The van der Waals surface area contributed by atoms with Gasteiger partial charge in [0.05, 0.1) is 0 Å². The Balaban J connectivity index is 4.39. The Labute approximate surface area is 378 Å². The summed E-state index contributed by atoms with van der Waals surface area (Å²) in [6.45, 7) is 6.59. The number of allylic oxidation sites excluding steroid dienone is 8. The molecule has 0 rings (SSSR count). The van der Waals surface area contributed by atoms with E-state index < -0.39 is 6.10 Å². The lowest BCUT2D eigenvalue weighted by atomic mass is 10.0. The van der Waals surface area contributed by atoms with Crippen LogP contribution in [0.2, 0.25) is 0 Å². The molecule has 1 atom stereocenters.